The minimum absolute atomic E-state index is 0.00126. The second kappa shape index (κ2) is 7.31. The van der Waals surface area contributed by atoms with Gasteiger partial charge >= 0.3 is 6.18 Å². The van der Waals surface area contributed by atoms with E-state index in [1.54, 1.807) is 0 Å². The van der Waals surface area contributed by atoms with E-state index in [-0.39, 0.29) is 34.0 Å². The standard InChI is InChI=1S/C21H27F3N2O3/c1-5-19(2,3)14-8-11-17-16(12-14)20(28,21(22,23)24)26(25-17)18(27)13-6-9-15(29-4)10-7-13/h6-7,9-10,14,16,28H,5,8,11-12H2,1-4H3/t14-,16-,20-/m1/s1. The summed E-state index contributed by atoms with van der Waals surface area (Å²) in [7, 11) is 1.45. The van der Waals surface area contributed by atoms with Crippen LogP contribution in [0.5, 0.6) is 5.75 Å². The van der Waals surface area contributed by atoms with Gasteiger partial charge in [-0.15, -0.1) is 0 Å². The third-order valence-electron chi connectivity index (χ3n) is 6.67. The van der Waals surface area contributed by atoms with Gasteiger partial charge in [-0.05, 0) is 54.9 Å². The second-order valence-corrected chi connectivity index (χ2v) is 8.53. The first-order chi connectivity index (χ1) is 13.5. The number of carbonyl (C=O) groups excluding carboxylic acids is 1. The molecule has 3 rings (SSSR count). The average Bonchev–Trinajstić information content (AvgIpc) is 3.01. The first-order valence-corrected chi connectivity index (χ1v) is 9.80. The van der Waals surface area contributed by atoms with Crippen LogP contribution < -0.4 is 4.74 Å². The number of nitrogens with zero attached hydrogens (tertiary/aromatic N) is 2. The molecule has 1 heterocycles. The number of rotatable bonds is 4. The molecule has 8 heteroatoms. The molecule has 0 bridgehead atoms. The Morgan fingerprint density at radius 3 is 2.45 bits per heavy atom. The summed E-state index contributed by atoms with van der Waals surface area (Å²) in [6.07, 6.45) is -3.06. The van der Waals surface area contributed by atoms with E-state index in [2.05, 4.69) is 5.10 Å². The van der Waals surface area contributed by atoms with Gasteiger partial charge in [-0.1, -0.05) is 27.2 Å². The van der Waals surface area contributed by atoms with E-state index in [0.29, 0.717) is 18.6 Å². The monoisotopic (exact) mass is 412 g/mol. The van der Waals surface area contributed by atoms with Gasteiger partial charge in [0.1, 0.15) is 5.75 Å². The molecule has 5 nitrogen and oxygen atoms in total. The topological polar surface area (TPSA) is 62.1 Å². The lowest BCUT2D eigenvalue weighted by atomic mass is 9.64. The highest BCUT2D eigenvalue weighted by molar-refractivity contribution is 5.99. The number of methoxy groups -OCH3 is 1. The Kier molecular flexibility index (Phi) is 5.45. The Morgan fingerprint density at radius 1 is 1.31 bits per heavy atom. The lowest BCUT2D eigenvalue weighted by molar-refractivity contribution is -0.314. The second-order valence-electron chi connectivity index (χ2n) is 8.53. The van der Waals surface area contributed by atoms with Gasteiger partial charge in [0.05, 0.1) is 13.0 Å². The summed E-state index contributed by atoms with van der Waals surface area (Å²) in [5.41, 5.74) is -3.26. The summed E-state index contributed by atoms with van der Waals surface area (Å²) < 4.78 is 47.4. The van der Waals surface area contributed by atoms with Gasteiger partial charge in [-0.25, -0.2) is 0 Å². The molecule has 1 aromatic rings. The number of aliphatic hydroxyl groups is 1. The Balaban J connectivity index is 1.98. The van der Waals surface area contributed by atoms with Crippen molar-refractivity contribution in [1.82, 2.24) is 5.01 Å². The lowest BCUT2D eigenvalue weighted by Gasteiger charge is -2.43. The average molecular weight is 412 g/mol. The summed E-state index contributed by atoms with van der Waals surface area (Å²) >= 11 is 0. The van der Waals surface area contributed by atoms with Crippen molar-refractivity contribution in [3.63, 3.8) is 0 Å². The molecule has 0 saturated heterocycles. The van der Waals surface area contributed by atoms with Crippen molar-refractivity contribution in [2.24, 2.45) is 22.4 Å². The van der Waals surface area contributed by atoms with E-state index in [4.69, 9.17) is 4.74 Å². The molecule has 1 N–H and O–H groups in total. The van der Waals surface area contributed by atoms with Crippen molar-refractivity contribution in [2.45, 2.75) is 58.4 Å². The maximum Gasteiger partial charge on any atom is 0.439 e. The van der Waals surface area contributed by atoms with Gasteiger partial charge in [0, 0.05) is 11.3 Å². The molecule has 1 fully saturated rings. The van der Waals surface area contributed by atoms with Gasteiger partial charge in [0.25, 0.3) is 11.6 Å². The molecule has 2 aliphatic rings. The molecule has 160 valence electrons. The zero-order valence-electron chi connectivity index (χ0n) is 17.1. The number of hydrazone groups is 1. The number of hydrogen-bond acceptors (Lipinski definition) is 4. The van der Waals surface area contributed by atoms with Gasteiger partial charge in [-0.3, -0.25) is 4.79 Å². The number of carbonyl (C=O) groups is 1. The number of amides is 1. The van der Waals surface area contributed by atoms with Crippen molar-refractivity contribution in [1.29, 1.82) is 0 Å². The molecular weight excluding hydrogens is 385 g/mol. The highest BCUT2D eigenvalue weighted by Crippen LogP contribution is 2.52. The van der Waals surface area contributed by atoms with Crippen molar-refractivity contribution in [3.8, 4) is 5.75 Å². The number of hydrogen-bond donors (Lipinski definition) is 1. The van der Waals surface area contributed by atoms with E-state index in [9.17, 15) is 23.1 Å². The third kappa shape index (κ3) is 3.52. The fourth-order valence-electron chi connectivity index (χ4n) is 4.28. The summed E-state index contributed by atoms with van der Waals surface area (Å²) in [6.45, 7) is 6.07. The molecule has 0 unspecified atom stereocenters. The van der Waals surface area contributed by atoms with Crippen LogP contribution in [0, 0.1) is 17.3 Å². The highest BCUT2D eigenvalue weighted by Gasteiger charge is 2.69. The molecule has 0 radical (unpaired) electrons. The van der Waals surface area contributed by atoms with Gasteiger partial charge in [0.15, 0.2) is 0 Å². The SMILES string of the molecule is CCC(C)(C)[C@@H]1CCC2=NN(C(=O)c3ccc(OC)cc3)[C@](O)(C(F)(F)F)[C@@H]2C1. The van der Waals surface area contributed by atoms with Crippen molar-refractivity contribution in [2.75, 3.05) is 7.11 Å². The molecule has 3 atom stereocenters. The number of halogens is 3. The lowest BCUT2D eigenvalue weighted by Crippen LogP contribution is -2.62. The fraction of sp³-hybridized carbons (Fsp3) is 0.619. The molecule has 0 aromatic heterocycles. The van der Waals surface area contributed by atoms with Gasteiger partial charge < -0.3 is 9.84 Å². The van der Waals surface area contributed by atoms with Gasteiger partial charge in [0.2, 0.25) is 0 Å². The Bertz CT molecular complexity index is 804. The largest absolute Gasteiger partial charge is 0.497 e. The molecular formula is C21H27F3N2O3. The third-order valence-corrected chi connectivity index (χ3v) is 6.67. The van der Waals surface area contributed by atoms with E-state index in [0.717, 1.165) is 6.42 Å². The fourth-order valence-corrected chi connectivity index (χ4v) is 4.28. The normalized spacial score (nSPS) is 27.4. The van der Waals surface area contributed by atoms with Crippen LogP contribution in [-0.4, -0.2) is 40.7 Å². The van der Waals surface area contributed by atoms with E-state index < -0.39 is 23.7 Å². The van der Waals surface area contributed by atoms with Crippen LogP contribution in [0.3, 0.4) is 0 Å². The highest BCUT2D eigenvalue weighted by atomic mass is 19.4. The summed E-state index contributed by atoms with van der Waals surface area (Å²) in [5, 5.41) is 15.1. The van der Waals surface area contributed by atoms with Crippen LogP contribution in [0.2, 0.25) is 0 Å². The number of ether oxygens (including phenoxy) is 1. The molecule has 0 spiro atoms. The predicted molar refractivity (Wildman–Crippen MR) is 103 cm³/mol. The van der Waals surface area contributed by atoms with Crippen LogP contribution in [0.15, 0.2) is 29.4 Å². The van der Waals surface area contributed by atoms with E-state index >= 15 is 0 Å². The molecule has 1 aliphatic carbocycles. The Hall–Kier alpha value is -2.09. The van der Waals surface area contributed by atoms with E-state index in [1.807, 2.05) is 20.8 Å². The minimum Gasteiger partial charge on any atom is -0.497 e. The Labute approximate surface area is 168 Å². The van der Waals surface area contributed by atoms with Crippen LogP contribution in [-0.2, 0) is 0 Å². The predicted octanol–water partition coefficient (Wildman–Crippen LogP) is 4.61. The van der Waals surface area contributed by atoms with Crippen molar-refractivity contribution >= 4 is 11.6 Å². The zero-order valence-corrected chi connectivity index (χ0v) is 17.1. The molecule has 1 amide bonds. The van der Waals surface area contributed by atoms with Crippen LogP contribution in [0.4, 0.5) is 13.2 Å². The van der Waals surface area contributed by atoms with Crippen LogP contribution in [0.1, 0.15) is 56.8 Å². The van der Waals surface area contributed by atoms with Crippen molar-refractivity contribution < 1.29 is 27.8 Å². The number of benzene rings is 1. The molecule has 1 aromatic carbocycles. The quantitative estimate of drug-likeness (QED) is 0.786. The maximum absolute atomic E-state index is 14.1. The molecule has 1 aliphatic heterocycles. The van der Waals surface area contributed by atoms with Crippen LogP contribution >= 0.6 is 0 Å². The summed E-state index contributed by atoms with van der Waals surface area (Å²) in [4.78, 5) is 12.9. The number of fused-ring (bicyclic) bond motifs is 1. The van der Waals surface area contributed by atoms with Crippen LogP contribution in [0.25, 0.3) is 0 Å². The maximum atomic E-state index is 14.1. The summed E-state index contributed by atoms with van der Waals surface area (Å²) in [5.74, 6) is -1.77. The van der Waals surface area contributed by atoms with E-state index in [1.165, 1.54) is 31.4 Å². The minimum atomic E-state index is -5.04. The summed E-state index contributed by atoms with van der Waals surface area (Å²) in [6, 6.07) is 5.69. The number of alkyl halides is 3. The molecule has 29 heavy (non-hydrogen) atoms. The zero-order chi connectivity index (χ0) is 21.6. The first-order valence-electron chi connectivity index (χ1n) is 9.80. The van der Waals surface area contributed by atoms with Gasteiger partial charge in [-0.2, -0.15) is 23.3 Å². The molecule has 1 saturated carbocycles. The van der Waals surface area contributed by atoms with Crippen molar-refractivity contribution in [3.05, 3.63) is 29.8 Å². The first kappa shape index (κ1) is 21.6. The Morgan fingerprint density at radius 2 is 1.93 bits per heavy atom. The smallest absolute Gasteiger partial charge is 0.439 e.